The van der Waals surface area contributed by atoms with Crippen molar-refractivity contribution in [1.29, 1.82) is 0 Å². The number of carbonyl (C=O) groups is 1. The van der Waals surface area contributed by atoms with E-state index >= 15 is 0 Å². The zero-order chi connectivity index (χ0) is 14.8. The van der Waals surface area contributed by atoms with Gasteiger partial charge in [0.05, 0.1) is 5.02 Å². The predicted octanol–water partition coefficient (Wildman–Crippen LogP) is 3.00. The monoisotopic (exact) mass is 323 g/mol. The first-order valence-electron chi connectivity index (χ1n) is 5.62. The van der Waals surface area contributed by atoms with Crippen molar-refractivity contribution in [3.63, 3.8) is 0 Å². The van der Waals surface area contributed by atoms with Crippen molar-refractivity contribution in [2.24, 2.45) is 5.92 Å². The molecule has 7 heteroatoms. The highest BCUT2D eigenvalue weighted by Gasteiger charge is 2.19. The van der Waals surface area contributed by atoms with Crippen LogP contribution in [0.25, 0.3) is 0 Å². The van der Waals surface area contributed by atoms with Gasteiger partial charge in [-0.2, -0.15) is 0 Å². The fraction of sp³-hybridized carbons (Fsp3) is 0.417. The van der Waals surface area contributed by atoms with Gasteiger partial charge in [0.1, 0.15) is 4.90 Å². The Labute approximate surface area is 122 Å². The second-order valence-electron chi connectivity index (χ2n) is 4.66. The minimum atomic E-state index is -3.97. The van der Waals surface area contributed by atoms with Crippen molar-refractivity contribution in [1.82, 2.24) is 4.90 Å². The average molecular weight is 324 g/mol. The summed E-state index contributed by atoms with van der Waals surface area (Å²) in [4.78, 5) is 13.4. The molecule has 1 rings (SSSR count). The van der Waals surface area contributed by atoms with Gasteiger partial charge in [-0.05, 0) is 24.1 Å². The lowest BCUT2D eigenvalue weighted by Gasteiger charge is -2.19. The standard InChI is InChI=1S/C12H15Cl2NO3S/c1-8(2)7-15(3)12(16)9-4-5-10(13)11(6-9)19(14,17)18/h4-6,8H,7H2,1-3H3. The lowest BCUT2D eigenvalue weighted by atomic mass is 10.1. The Morgan fingerprint density at radius 2 is 1.95 bits per heavy atom. The van der Waals surface area contributed by atoms with Crippen LogP contribution < -0.4 is 0 Å². The van der Waals surface area contributed by atoms with Gasteiger partial charge in [0.15, 0.2) is 0 Å². The predicted molar refractivity (Wildman–Crippen MR) is 76.3 cm³/mol. The van der Waals surface area contributed by atoms with Gasteiger partial charge in [-0.25, -0.2) is 8.42 Å². The van der Waals surface area contributed by atoms with Crippen LogP contribution in [0.15, 0.2) is 23.1 Å². The largest absolute Gasteiger partial charge is 0.341 e. The van der Waals surface area contributed by atoms with Crippen molar-refractivity contribution >= 4 is 37.2 Å². The molecule has 0 heterocycles. The Morgan fingerprint density at radius 3 is 2.42 bits per heavy atom. The van der Waals surface area contributed by atoms with E-state index in [2.05, 4.69) is 0 Å². The molecule has 0 saturated heterocycles. The number of rotatable bonds is 4. The van der Waals surface area contributed by atoms with E-state index in [0.717, 1.165) is 0 Å². The Morgan fingerprint density at radius 1 is 1.37 bits per heavy atom. The van der Waals surface area contributed by atoms with Crippen LogP contribution in [-0.4, -0.2) is 32.8 Å². The van der Waals surface area contributed by atoms with E-state index < -0.39 is 9.05 Å². The molecule has 4 nitrogen and oxygen atoms in total. The highest BCUT2D eigenvalue weighted by Crippen LogP contribution is 2.26. The third kappa shape index (κ3) is 4.37. The summed E-state index contributed by atoms with van der Waals surface area (Å²) in [6, 6.07) is 4.03. The van der Waals surface area contributed by atoms with Gasteiger partial charge < -0.3 is 4.90 Å². The summed E-state index contributed by atoms with van der Waals surface area (Å²) in [7, 11) is 2.96. The lowest BCUT2D eigenvalue weighted by molar-refractivity contribution is 0.0779. The van der Waals surface area contributed by atoms with Gasteiger partial charge in [0, 0.05) is 29.8 Å². The van der Waals surface area contributed by atoms with E-state index in [9.17, 15) is 13.2 Å². The molecule has 0 saturated carbocycles. The quantitative estimate of drug-likeness (QED) is 0.800. The summed E-state index contributed by atoms with van der Waals surface area (Å²) >= 11 is 5.76. The van der Waals surface area contributed by atoms with Gasteiger partial charge in [-0.15, -0.1) is 0 Å². The fourth-order valence-electron chi connectivity index (χ4n) is 1.67. The molecule has 1 amide bonds. The molecular formula is C12H15Cl2NO3S. The molecule has 0 radical (unpaired) electrons. The molecule has 0 aromatic heterocycles. The van der Waals surface area contributed by atoms with Crippen LogP contribution >= 0.6 is 22.3 Å². The highest BCUT2D eigenvalue weighted by atomic mass is 35.7. The molecule has 0 bridgehead atoms. The van der Waals surface area contributed by atoms with Crippen molar-refractivity contribution in [2.45, 2.75) is 18.7 Å². The third-order valence-corrected chi connectivity index (χ3v) is 4.23. The first kappa shape index (κ1) is 16.3. The first-order valence-corrected chi connectivity index (χ1v) is 8.31. The Bertz CT molecular complexity index is 585. The number of amides is 1. The zero-order valence-corrected chi connectivity index (χ0v) is 13.2. The van der Waals surface area contributed by atoms with E-state index in [1.807, 2.05) is 13.8 Å². The van der Waals surface area contributed by atoms with Gasteiger partial charge in [-0.3, -0.25) is 4.79 Å². The number of nitrogens with zero attached hydrogens (tertiary/aromatic N) is 1. The number of hydrogen-bond acceptors (Lipinski definition) is 3. The highest BCUT2D eigenvalue weighted by molar-refractivity contribution is 8.13. The number of halogens is 2. The normalized spacial score (nSPS) is 11.7. The molecule has 0 atom stereocenters. The van der Waals surface area contributed by atoms with Crippen molar-refractivity contribution < 1.29 is 13.2 Å². The smallest absolute Gasteiger partial charge is 0.262 e. The summed E-state index contributed by atoms with van der Waals surface area (Å²) in [5.74, 6) is 0.0458. The molecule has 0 aliphatic heterocycles. The molecule has 0 aliphatic rings. The molecule has 1 aromatic carbocycles. The minimum Gasteiger partial charge on any atom is -0.341 e. The summed E-state index contributed by atoms with van der Waals surface area (Å²) in [5.41, 5.74) is 0.242. The molecule has 0 fully saturated rings. The molecule has 0 aliphatic carbocycles. The van der Waals surface area contributed by atoms with Crippen molar-refractivity contribution in [3.8, 4) is 0 Å². The van der Waals surface area contributed by atoms with Gasteiger partial charge in [0.25, 0.3) is 15.0 Å². The van der Waals surface area contributed by atoms with Gasteiger partial charge >= 0.3 is 0 Å². The van der Waals surface area contributed by atoms with Crippen LogP contribution in [0.3, 0.4) is 0 Å². The summed E-state index contributed by atoms with van der Waals surface area (Å²) < 4.78 is 22.7. The number of hydrogen-bond donors (Lipinski definition) is 0. The second kappa shape index (κ2) is 6.11. The van der Waals surface area contributed by atoms with Crippen LogP contribution in [0.5, 0.6) is 0 Å². The van der Waals surface area contributed by atoms with E-state index in [1.165, 1.54) is 23.1 Å². The summed E-state index contributed by atoms with van der Waals surface area (Å²) in [6.07, 6.45) is 0. The van der Waals surface area contributed by atoms with Crippen LogP contribution in [0, 0.1) is 5.92 Å². The SMILES string of the molecule is CC(C)CN(C)C(=O)c1ccc(Cl)c(S(=O)(=O)Cl)c1. The molecular weight excluding hydrogens is 309 g/mol. The molecule has 106 valence electrons. The Balaban J connectivity index is 3.13. The maximum absolute atomic E-state index is 12.1. The second-order valence-corrected chi connectivity index (χ2v) is 7.60. The molecule has 19 heavy (non-hydrogen) atoms. The minimum absolute atomic E-state index is 0.00179. The summed E-state index contributed by atoms with van der Waals surface area (Å²) in [5, 5.41) is -0.00179. The molecule has 0 spiro atoms. The van der Waals surface area contributed by atoms with Crippen molar-refractivity contribution in [3.05, 3.63) is 28.8 Å². The van der Waals surface area contributed by atoms with E-state index in [0.29, 0.717) is 12.5 Å². The number of carbonyl (C=O) groups excluding carboxylic acids is 1. The average Bonchev–Trinajstić information content (AvgIpc) is 2.26. The first-order chi connectivity index (χ1) is 8.62. The molecule has 1 aromatic rings. The van der Waals surface area contributed by atoms with Gasteiger partial charge in [0.2, 0.25) is 0 Å². The van der Waals surface area contributed by atoms with E-state index in [4.69, 9.17) is 22.3 Å². The van der Waals surface area contributed by atoms with Crippen LogP contribution in [-0.2, 0) is 9.05 Å². The van der Waals surface area contributed by atoms with Crippen LogP contribution in [0.4, 0.5) is 0 Å². The Hall–Kier alpha value is -0.780. The lowest BCUT2D eigenvalue weighted by Crippen LogP contribution is -2.30. The zero-order valence-electron chi connectivity index (χ0n) is 10.9. The maximum atomic E-state index is 12.1. The van der Waals surface area contributed by atoms with E-state index in [-0.39, 0.29) is 21.4 Å². The number of benzene rings is 1. The van der Waals surface area contributed by atoms with Crippen LogP contribution in [0.2, 0.25) is 5.02 Å². The van der Waals surface area contributed by atoms with Crippen LogP contribution in [0.1, 0.15) is 24.2 Å². The third-order valence-electron chi connectivity index (χ3n) is 2.43. The maximum Gasteiger partial charge on any atom is 0.262 e. The van der Waals surface area contributed by atoms with Gasteiger partial charge in [-0.1, -0.05) is 25.4 Å². The van der Waals surface area contributed by atoms with Crippen molar-refractivity contribution in [2.75, 3.05) is 13.6 Å². The van der Waals surface area contributed by atoms with E-state index in [1.54, 1.807) is 7.05 Å². The fourth-order valence-corrected chi connectivity index (χ4v) is 3.17. The molecule has 0 unspecified atom stereocenters. The molecule has 0 N–H and O–H groups in total. The summed E-state index contributed by atoms with van der Waals surface area (Å²) in [6.45, 7) is 4.55. The topological polar surface area (TPSA) is 54.5 Å². The Kier molecular flexibility index (Phi) is 5.24.